The van der Waals surface area contributed by atoms with Gasteiger partial charge in [0, 0.05) is 17.1 Å². The van der Waals surface area contributed by atoms with Crippen molar-refractivity contribution in [1.82, 2.24) is 0 Å². The van der Waals surface area contributed by atoms with E-state index < -0.39 is 4.92 Å². The summed E-state index contributed by atoms with van der Waals surface area (Å²) in [5, 5.41) is 10.7. The minimum atomic E-state index is -0.483. The molecule has 15 heavy (non-hydrogen) atoms. The second-order valence-corrected chi connectivity index (χ2v) is 3.95. The van der Waals surface area contributed by atoms with Gasteiger partial charge in [-0.25, -0.2) is 0 Å². The van der Waals surface area contributed by atoms with E-state index in [0.29, 0.717) is 11.0 Å². The lowest BCUT2D eigenvalue weighted by molar-refractivity contribution is -0.386. The predicted octanol–water partition coefficient (Wildman–Crippen LogP) is 2.08. The molecule has 0 aromatic heterocycles. The zero-order chi connectivity index (χ0) is 11.4. The number of nitro benzene ring substituents is 1. The first kappa shape index (κ1) is 11.9. The van der Waals surface area contributed by atoms with Crippen LogP contribution in [0.15, 0.2) is 22.7 Å². The van der Waals surface area contributed by atoms with Crippen molar-refractivity contribution < 1.29 is 9.66 Å². The molecular weight excluding hydrogens is 264 g/mol. The molecular formula is C9H11BrN2O3. The van der Waals surface area contributed by atoms with E-state index in [1.165, 1.54) is 6.07 Å². The highest BCUT2D eigenvalue weighted by Gasteiger charge is 2.16. The van der Waals surface area contributed by atoms with E-state index >= 15 is 0 Å². The minimum absolute atomic E-state index is 0.0651. The SMILES string of the molecule is CC(CN)Oc1ccc(Br)cc1[N+](=O)[O-]. The van der Waals surface area contributed by atoms with Crippen LogP contribution in [0.4, 0.5) is 5.69 Å². The molecule has 5 nitrogen and oxygen atoms in total. The topological polar surface area (TPSA) is 78.4 Å². The van der Waals surface area contributed by atoms with Crippen molar-refractivity contribution in [3.8, 4) is 5.75 Å². The normalized spacial score (nSPS) is 12.2. The van der Waals surface area contributed by atoms with Crippen molar-refractivity contribution >= 4 is 21.6 Å². The summed E-state index contributed by atoms with van der Waals surface area (Å²) in [4.78, 5) is 10.2. The Morgan fingerprint density at radius 3 is 2.87 bits per heavy atom. The van der Waals surface area contributed by atoms with Crippen LogP contribution in [0.2, 0.25) is 0 Å². The van der Waals surface area contributed by atoms with Gasteiger partial charge in [0.1, 0.15) is 6.10 Å². The summed E-state index contributed by atoms with van der Waals surface area (Å²) >= 11 is 3.16. The van der Waals surface area contributed by atoms with Crippen LogP contribution in [0.1, 0.15) is 6.92 Å². The monoisotopic (exact) mass is 274 g/mol. The predicted molar refractivity (Wildman–Crippen MR) is 59.9 cm³/mol. The summed E-state index contributed by atoms with van der Waals surface area (Å²) < 4.78 is 5.96. The standard InChI is InChI=1S/C9H11BrN2O3/c1-6(5-11)15-9-3-2-7(10)4-8(9)12(13)14/h2-4,6H,5,11H2,1H3. The Morgan fingerprint density at radius 1 is 1.67 bits per heavy atom. The van der Waals surface area contributed by atoms with Crippen molar-refractivity contribution in [1.29, 1.82) is 0 Å². The van der Waals surface area contributed by atoms with Crippen LogP contribution in [-0.2, 0) is 0 Å². The maximum absolute atomic E-state index is 10.7. The summed E-state index contributed by atoms with van der Waals surface area (Å²) in [6.07, 6.45) is -0.245. The van der Waals surface area contributed by atoms with E-state index in [1.807, 2.05) is 0 Å². The molecule has 1 aromatic carbocycles. The van der Waals surface area contributed by atoms with Crippen molar-refractivity contribution in [2.45, 2.75) is 13.0 Å². The third-order valence-corrected chi connectivity index (χ3v) is 2.27. The average Bonchev–Trinajstić information content (AvgIpc) is 2.20. The Bertz CT molecular complexity index is 370. The molecule has 2 N–H and O–H groups in total. The first-order valence-electron chi connectivity index (χ1n) is 4.35. The van der Waals surface area contributed by atoms with Gasteiger partial charge in [0.25, 0.3) is 0 Å². The highest BCUT2D eigenvalue weighted by molar-refractivity contribution is 9.10. The fourth-order valence-electron chi connectivity index (χ4n) is 0.998. The van der Waals surface area contributed by atoms with E-state index in [2.05, 4.69) is 15.9 Å². The zero-order valence-corrected chi connectivity index (χ0v) is 9.73. The van der Waals surface area contributed by atoms with E-state index in [4.69, 9.17) is 10.5 Å². The first-order valence-corrected chi connectivity index (χ1v) is 5.14. The lowest BCUT2D eigenvalue weighted by Gasteiger charge is -2.12. The molecule has 82 valence electrons. The van der Waals surface area contributed by atoms with Gasteiger partial charge in [0.15, 0.2) is 5.75 Å². The van der Waals surface area contributed by atoms with Gasteiger partial charge in [-0.05, 0) is 19.1 Å². The Balaban J connectivity index is 3.01. The summed E-state index contributed by atoms with van der Waals surface area (Å²) in [5.41, 5.74) is 5.31. The number of nitro groups is 1. The van der Waals surface area contributed by atoms with E-state index in [-0.39, 0.29) is 17.5 Å². The van der Waals surface area contributed by atoms with Gasteiger partial charge in [0.05, 0.1) is 4.92 Å². The van der Waals surface area contributed by atoms with Gasteiger partial charge in [-0.3, -0.25) is 10.1 Å². The fourth-order valence-corrected chi connectivity index (χ4v) is 1.35. The molecule has 1 atom stereocenters. The van der Waals surface area contributed by atoms with Crippen LogP contribution in [-0.4, -0.2) is 17.6 Å². The summed E-state index contributed by atoms with van der Waals surface area (Å²) in [6, 6.07) is 4.64. The lowest BCUT2D eigenvalue weighted by atomic mass is 10.3. The number of hydrogen-bond acceptors (Lipinski definition) is 4. The number of benzene rings is 1. The molecule has 0 bridgehead atoms. The second-order valence-electron chi connectivity index (χ2n) is 3.03. The molecule has 1 unspecified atom stereocenters. The van der Waals surface area contributed by atoms with Gasteiger partial charge >= 0.3 is 5.69 Å². The molecule has 0 amide bonds. The molecule has 0 saturated carbocycles. The van der Waals surface area contributed by atoms with Gasteiger partial charge < -0.3 is 10.5 Å². The minimum Gasteiger partial charge on any atom is -0.482 e. The molecule has 0 spiro atoms. The lowest BCUT2D eigenvalue weighted by Crippen LogP contribution is -2.23. The molecule has 0 saturated heterocycles. The van der Waals surface area contributed by atoms with Crippen LogP contribution >= 0.6 is 15.9 Å². The van der Waals surface area contributed by atoms with Crippen molar-refractivity contribution in [3.63, 3.8) is 0 Å². The van der Waals surface area contributed by atoms with E-state index in [1.54, 1.807) is 19.1 Å². The van der Waals surface area contributed by atoms with Gasteiger partial charge in [-0.15, -0.1) is 0 Å². The zero-order valence-electron chi connectivity index (χ0n) is 8.14. The van der Waals surface area contributed by atoms with Crippen LogP contribution in [0.5, 0.6) is 5.75 Å². The Kier molecular flexibility index (Phi) is 4.05. The number of rotatable bonds is 4. The Hall–Kier alpha value is -1.14. The smallest absolute Gasteiger partial charge is 0.312 e. The summed E-state index contributed by atoms with van der Waals surface area (Å²) in [5.74, 6) is 0.237. The average molecular weight is 275 g/mol. The number of halogens is 1. The summed E-state index contributed by atoms with van der Waals surface area (Å²) in [7, 11) is 0. The third-order valence-electron chi connectivity index (χ3n) is 1.78. The Morgan fingerprint density at radius 2 is 2.33 bits per heavy atom. The van der Waals surface area contributed by atoms with E-state index in [9.17, 15) is 10.1 Å². The molecule has 0 fully saturated rings. The molecule has 0 radical (unpaired) electrons. The molecule has 1 aromatic rings. The van der Waals surface area contributed by atoms with E-state index in [0.717, 1.165) is 0 Å². The van der Waals surface area contributed by atoms with Crippen molar-refractivity contribution in [2.75, 3.05) is 6.54 Å². The maximum atomic E-state index is 10.7. The Labute approximate surface area is 95.5 Å². The number of ether oxygens (including phenoxy) is 1. The van der Waals surface area contributed by atoms with Crippen LogP contribution in [0.3, 0.4) is 0 Å². The first-order chi connectivity index (χ1) is 7.04. The van der Waals surface area contributed by atoms with Crippen molar-refractivity contribution in [3.05, 3.63) is 32.8 Å². The molecule has 1 rings (SSSR count). The molecule has 0 aliphatic heterocycles. The number of hydrogen-bond donors (Lipinski definition) is 1. The molecule has 6 heteroatoms. The maximum Gasteiger partial charge on any atom is 0.312 e. The quantitative estimate of drug-likeness (QED) is 0.674. The number of nitrogens with two attached hydrogens (primary N) is 1. The highest BCUT2D eigenvalue weighted by atomic mass is 79.9. The fraction of sp³-hybridized carbons (Fsp3) is 0.333. The largest absolute Gasteiger partial charge is 0.482 e. The second kappa shape index (κ2) is 5.09. The van der Waals surface area contributed by atoms with Crippen LogP contribution in [0.25, 0.3) is 0 Å². The third kappa shape index (κ3) is 3.17. The van der Waals surface area contributed by atoms with Crippen LogP contribution < -0.4 is 10.5 Å². The molecule has 0 heterocycles. The van der Waals surface area contributed by atoms with Gasteiger partial charge in [0.2, 0.25) is 0 Å². The van der Waals surface area contributed by atoms with Crippen molar-refractivity contribution in [2.24, 2.45) is 5.73 Å². The van der Waals surface area contributed by atoms with Gasteiger partial charge in [-0.1, -0.05) is 15.9 Å². The van der Waals surface area contributed by atoms with Gasteiger partial charge in [-0.2, -0.15) is 0 Å². The molecule has 0 aliphatic carbocycles. The molecule has 0 aliphatic rings. The summed E-state index contributed by atoms with van der Waals surface area (Å²) in [6.45, 7) is 2.07. The van der Waals surface area contributed by atoms with Crippen LogP contribution in [0, 0.1) is 10.1 Å². The highest BCUT2D eigenvalue weighted by Crippen LogP contribution is 2.30. The number of nitrogens with zero attached hydrogens (tertiary/aromatic N) is 1.